The molecule has 0 radical (unpaired) electrons. The Labute approximate surface area is 123 Å². The molecule has 1 amide bonds. The maximum atomic E-state index is 12.4. The summed E-state index contributed by atoms with van der Waals surface area (Å²) in [5, 5.41) is 5.06. The number of thiophene rings is 1. The van der Waals surface area contributed by atoms with Crippen molar-refractivity contribution in [2.24, 2.45) is 0 Å². The summed E-state index contributed by atoms with van der Waals surface area (Å²) in [5.74, 6) is 0.0232. The van der Waals surface area contributed by atoms with Gasteiger partial charge in [-0.05, 0) is 55.5 Å². The number of nitrogens with one attached hydrogen (secondary N) is 1. The Morgan fingerprint density at radius 2 is 1.90 bits per heavy atom. The fourth-order valence-electron chi connectivity index (χ4n) is 2.00. The minimum atomic E-state index is -0.571. The van der Waals surface area contributed by atoms with Crippen molar-refractivity contribution in [3.05, 3.63) is 51.7 Å². The summed E-state index contributed by atoms with van der Waals surface area (Å²) in [4.78, 5) is 13.6. The zero-order valence-electron chi connectivity index (χ0n) is 12.1. The van der Waals surface area contributed by atoms with Gasteiger partial charge in [-0.1, -0.05) is 12.1 Å². The molecule has 0 aliphatic carbocycles. The van der Waals surface area contributed by atoms with Gasteiger partial charge in [0.2, 0.25) is 5.91 Å². The van der Waals surface area contributed by atoms with E-state index in [2.05, 4.69) is 18.3 Å². The van der Waals surface area contributed by atoms with Gasteiger partial charge in [-0.15, -0.1) is 11.3 Å². The highest BCUT2D eigenvalue weighted by Crippen LogP contribution is 2.25. The zero-order valence-corrected chi connectivity index (χ0v) is 12.9. The van der Waals surface area contributed by atoms with Crippen molar-refractivity contribution in [1.29, 1.82) is 0 Å². The first kappa shape index (κ1) is 14.6. The van der Waals surface area contributed by atoms with E-state index in [0.717, 1.165) is 5.56 Å². The maximum absolute atomic E-state index is 12.4. The van der Waals surface area contributed by atoms with Gasteiger partial charge in [-0.3, -0.25) is 4.79 Å². The van der Waals surface area contributed by atoms with Gasteiger partial charge in [0.25, 0.3) is 0 Å². The van der Waals surface area contributed by atoms with Crippen LogP contribution >= 0.6 is 11.3 Å². The number of hydrogen-bond donors (Lipinski definition) is 2. The van der Waals surface area contributed by atoms with Gasteiger partial charge in [0.1, 0.15) is 0 Å². The Morgan fingerprint density at radius 3 is 2.45 bits per heavy atom. The predicted molar refractivity (Wildman–Crippen MR) is 84.8 cm³/mol. The Bertz CT molecular complexity index is 599. The van der Waals surface area contributed by atoms with Crippen LogP contribution < -0.4 is 11.1 Å². The molecule has 106 valence electrons. The topological polar surface area (TPSA) is 55.1 Å². The zero-order chi connectivity index (χ0) is 14.8. The highest BCUT2D eigenvalue weighted by atomic mass is 32.1. The van der Waals surface area contributed by atoms with E-state index in [1.807, 2.05) is 43.5 Å². The fraction of sp³-hybridized carbons (Fsp3) is 0.312. The van der Waals surface area contributed by atoms with Crippen molar-refractivity contribution in [2.45, 2.75) is 32.7 Å². The van der Waals surface area contributed by atoms with E-state index in [4.69, 9.17) is 5.73 Å². The van der Waals surface area contributed by atoms with Gasteiger partial charge in [0.05, 0.1) is 12.0 Å². The van der Waals surface area contributed by atoms with Crippen LogP contribution in [0.2, 0.25) is 0 Å². The Balaban J connectivity index is 2.07. The van der Waals surface area contributed by atoms with Crippen LogP contribution in [0, 0.1) is 6.92 Å². The molecule has 4 heteroatoms. The van der Waals surface area contributed by atoms with Gasteiger partial charge < -0.3 is 11.1 Å². The lowest BCUT2D eigenvalue weighted by Gasteiger charge is -2.24. The van der Waals surface area contributed by atoms with Crippen molar-refractivity contribution < 1.29 is 4.79 Å². The van der Waals surface area contributed by atoms with Gasteiger partial charge in [-0.2, -0.15) is 0 Å². The number of carbonyl (C=O) groups excluding carboxylic acids is 1. The summed E-state index contributed by atoms with van der Waals surface area (Å²) < 4.78 is 0. The summed E-state index contributed by atoms with van der Waals surface area (Å²) in [6.07, 6.45) is 0. The van der Waals surface area contributed by atoms with Crippen LogP contribution in [0.15, 0.2) is 35.7 Å². The minimum absolute atomic E-state index is 0.0232. The molecule has 0 aliphatic heterocycles. The summed E-state index contributed by atoms with van der Waals surface area (Å²) in [5.41, 5.74) is 8.01. The molecule has 0 bridgehead atoms. The minimum Gasteiger partial charge on any atom is -0.399 e. The number of aryl methyl sites for hydroxylation is 1. The predicted octanol–water partition coefficient (Wildman–Crippen LogP) is 3.23. The second-order valence-electron chi connectivity index (χ2n) is 5.46. The van der Waals surface area contributed by atoms with Gasteiger partial charge >= 0.3 is 0 Å². The number of anilines is 1. The van der Waals surface area contributed by atoms with Crippen molar-refractivity contribution >= 4 is 22.9 Å². The van der Waals surface area contributed by atoms with Gasteiger partial charge in [-0.25, -0.2) is 0 Å². The lowest BCUT2D eigenvalue weighted by atomic mass is 9.83. The molecule has 3 nitrogen and oxygen atoms in total. The van der Waals surface area contributed by atoms with Crippen LogP contribution in [-0.2, 0) is 16.8 Å². The molecule has 2 aromatic rings. The first-order valence-corrected chi connectivity index (χ1v) is 7.46. The molecular weight excluding hydrogens is 268 g/mol. The SMILES string of the molecule is Cc1ccsc1CNC(=O)C(C)(C)c1ccc(N)cc1. The molecule has 0 aliphatic rings. The Morgan fingerprint density at radius 1 is 1.25 bits per heavy atom. The summed E-state index contributed by atoms with van der Waals surface area (Å²) in [6.45, 7) is 6.49. The molecular formula is C16H20N2OS. The second-order valence-corrected chi connectivity index (χ2v) is 6.46. The lowest BCUT2D eigenvalue weighted by Crippen LogP contribution is -2.39. The van der Waals surface area contributed by atoms with E-state index >= 15 is 0 Å². The molecule has 0 fully saturated rings. The average Bonchev–Trinajstić information content (AvgIpc) is 2.82. The van der Waals surface area contributed by atoms with Crippen molar-refractivity contribution in [3.63, 3.8) is 0 Å². The molecule has 0 saturated heterocycles. The van der Waals surface area contributed by atoms with Crippen molar-refractivity contribution in [3.8, 4) is 0 Å². The van der Waals surface area contributed by atoms with Crippen LogP contribution in [0.4, 0.5) is 5.69 Å². The number of carbonyl (C=O) groups is 1. The number of nitrogens with two attached hydrogens (primary N) is 1. The van der Waals surface area contributed by atoms with Crippen LogP contribution in [0.25, 0.3) is 0 Å². The molecule has 3 N–H and O–H groups in total. The first-order chi connectivity index (χ1) is 9.41. The molecule has 0 unspecified atom stereocenters. The van der Waals surface area contributed by atoms with Crippen LogP contribution in [0.1, 0.15) is 29.9 Å². The number of benzene rings is 1. The average molecular weight is 288 g/mol. The highest BCUT2D eigenvalue weighted by Gasteiger charge is 2.29. The molecule has 1 heterocycles. The summed E-state index contributed by atoms with van der Waals surface area (Å²) >= 11 is 1.67. The maximum Gasteiger partial charge on any atom is 0.230 e. The Kier molecular flexibility index (Phi) is 4.14. The highest BCUT2D eigenvalue weighted by molar-refractivity contribution is 7.10. The second kappa shape index (κ2) is 5.67. The number of nitrogen functional groups attached to an aromatic ring is 1. The first-order valence-electron chi connectivity index (χ1n) is 6.58. The molecule has 0 saturated carbocycles. The van der Waals surface area contributed by atoms with E-state index in [1.165, 1.54) is 10.4 Å². The smallest absolute Gasteiger partial charge is 0.230 e. The van der Waals surface area contributed by atoms with E-state index in [9.17, 15) is 4.79 Å². The lowest BCUT2D eigenvalue weighted by molar-refractivity contribution is -0.125. The van der Waals surface area contributed by atoms with E-state index < -0.39 is 5.41 Å². The molecule has 0 spiro atoms. The summed E-state index contributed by atoms with van der Waals surface area (Å²) in [6, 6.07) is 9.54. The third-order valence-electron chi connectivity index (χ3n) is 3.58. The monoisotopic (exact) mass is 288 g/mol. The Hall–Kier alpha value is -1.81. The number of rotatable bonds is 4. The van der Waals surface area contributed by atoms with Crippen LogP contribution in [0.5, 0.6) is 0 Å². The molecule has 2 rings (SSSR count). The largest absolute Gasteiger partial charge is 0.399 e. The van der Waals surface area contributed by atoms with E-state index in [1.54, 1.807) is 11.3 Å². The fourth-order valence-corrected chi connectivity index (χ4v) is 2.84. The third kappa shape index (κ3) is 3.02. The standard InChI is InChI=1S/C16H20N2OS/c1-11-8-9-20-14(11)10-18-15(19)16(2,3)12-4-6-13(17)7-5-12/h4-9H,10,17H2,1-3H3,(H,18,19). The number of amides is 1. The van der Waals surface area contributed by atoms with Crippen molar-refractivity contribution in [1.82, 2.24) is 5.32 Å². The van der Waals surface area contributed by atoms with Crippen LogP contribution in [-0.4, -0.2) is 5.91 Å². The molecule has 20 heavy (non-hydrogen) atoms. The third-order valence-corrected chi connectivity index (χ3v) is 4.60. The quantitative estimate of drug-likeness (QED) is 0.849. The van der Waals surface area contributed by atoms with E-state index in [0.29, 0.717) is 12.2 Å². The molecule has 1 aromatic carbocycles. The van der Waals surface area contributed by atoms with Crippen LogP contribution in [0.3, 0.4) is 0 Å². The normalized spacial score (nSPS) is 11.3. The molecule has 1 aromatic heterocycles. The molecule has 0 atom stereocenters. The van der Waals surface area contributed by atoms with Gasteiger partial charge in [0, 0.05) is 10.6 Å². The van der Waals surface area contributed by atoms with Crippen molar-refractivity contribution in [2.75, 3.05) is 5.73 Å². The summed E-state index contributed by atoms with van der Waals surface area (Å²) in [7, 11) is 0. The van der Waals surface area contributed by atoms with E-state index in [-0.39, 0.29) is 5.91 Å². The van der Waals surface area contributed by atoms with Gasteiger partial charge in [0.15, 0.2) is 0 Å². The number of hydrogen-bond acceptors (Lipinski definition) is 3.